The van der Waals surface area contributed by atoms with Crippen LogP contribution in [0, 0.1) is 0 Å². The molecule has 1 heterocycles. The fraction of sp³-hybridized carbons (Fsp3) is 0.167. The molecule has 0 aliphatic heterocycles. The van der Waals surface area contributed by atoms with Crippen LogP contribution in [0.1, 0.15) is 11.3 Å². The molecule has 3 aromatic rings. The number of rotatable bonds is 5. The van der Waals surface area contributed by atoms with Crippen molar-refractivity contribution >= 4 is 39.3 Å². The van der Waals surface area contributed by atoms with Gasteiger partial charge in [-0.1, -0.05) is 22.0 Å². The zero-order valence-corrected chi connectivity index (χ0v) is 16.9. The quantitative estimate of drug-likeness (QED) is 0.532. The molecule has 1 N–H and O–H groups in total. The van der Waals surface area contributed by atoms with Gasteiger partial charge in [-0.15, -0.1) is 22.0 Å². The average Bonchev–Trinajstić information content (AvgIpc) is 2.66. The molecule has 5 nitrogen and oxygen atoms in total. The minimum absolute atomic E-state index is 0.0571. The van der Waals surface area contributed by atoms with Crippen LogP contribution in [0.5, 0.6) is 0 Å². The number of halogens is 4. The largest absolute Gasteiger partial charge is 0.416 e. The number of anilines is 2. The van der Waals surface area contributed by atoms with Gasteiger partial charge < -0.3 is 5.32 Å². The highest BCUT2D eigenvalue weighted by molar-refractivity contribution is 9.10. The zero-order chi connectivity index (χ0) is 20.3. The molecule has 10 heteroatoms. The van der Waals surface area contributed by atoms with E-state index in [1.54, 1.807) is 0 Å². The Labute approximate surface area is 171 Å². The Morgan fingerprint density at radius 3 is 2.54 bits per heavy atom. The van der Waals surface area contributed by atoms with Gasteiger partial charge in [-0.3, -0.25) is 9.36 Å². The van der Waals surface area contributed by atoms with Crippen LogP contribution in [-0.2, 0) is 19.0 Å². The van der Waals surface area contributed by atoms with E-state index in [4.69, 9.17) is 0 Å². The van der Waals surface area contributed by atoms with Crippen molar-refractivity contribution in [2.24, 2.45) is 7.05 Å². The van der Waals surface area contributed by atoms with E-state index in [2.05, 4.69) is 31.4 Å². The van der Waals surface area contributed by atoms with Crippen LogP contribution in [0.25, 0.3) is 0 Å². The zero-order valence-electron chi connectivity index (χ0n) is 14.5. The molecule has 0 aliphatic rings. The topological polar surface area (TPSA) is 59.8 Å². The summed E-state index contributed by atoms with van der Waals surface area (Å²) in [7, 11) is 1.49. The maximum atomic E-state index is 12.8. The standard InChI is InChI=1S/C18H14BrF3N4OS/c1-26-16(27)15(10-28-14-7-5-12(19)6-8-14)24-25-17(26)23-13-4-2-3-11(9-13)18(20,21)22/h2-9H,10H2,1H3,(H,23,25). The van der Waals surface area contributed by atoms with E-state index >= 15 is 0 Å². The molecule has 0 unspecified atom stereocenters. The highest BCUT2D eigenvalue weighted by atomic mass is 79.9. The summed E-state index contributed by atoms with van der Waals surface area (Å²) in [4.78, 5) is 13.5. The Bertz CT molecular complexity index is 1040. The summed E-state index contributed by atoms with van der Waals surface area (Å²) >= 11 is 4.80. The van der Waals surface area contributed by atoms with Crippen LogP contribution in [-0.4, -0.2) is 14.8 Å². The smallest absolute Gasteiger partial charge is 0.324 e. The van der Waals surface area contributed by atoms with E-state index in [1.165, 1.54) is 35.5 Å². The lowest BCUT2D eigenvalue weighted by Gasteiger charge is -2.12. The van der Waals surface area contributed by atoms with Crippen molar-refractivity contribution in [3.8, 4) is 0 Å². The second-order valence-electron chi connectivity index (χ2n) is 5.78. The number of hydrogen-bond acceptors (Lipinski definition) is 5. The summed E-state index contributed by atoms with van der Waals surface area (Å²) in [5, 5.41) is 10.6. The van der Waals surface area contributed by atoms with E-state index in [-0.39, 0.29) is 22.9 Å². The van der Waals surface area contributed by atoms with Gasteiger partial charge in [0.05, 0.1) is 5.56 Å². The Morgan fingerprint density at radius 1 is 1.14 bits per heavy atom. The maximum Gasteiger partial charge on any atom is 0.416 e. The van der Waals surface area contributed by atoms with Crippen molar-refractivity contribution in [1.82, 2.24) is 14.8 Å². The first kappa shape index (κ1) is 20.4. The van der Waals surface area contributed by atoms with Gasteiger partial charge in [-0.2, -0.15) is 13.2 Å². The van der Waals surface area contributed by atoms with Crippen molar-refractivity contribution in [2.45, 2.75) is 16.8 Å². The monoisotopic (exact) mass is 470 g/mol. The van der Waals surface area contributed by atoms with Crippen molar-refractivity contribution in [2.75, 3.05) is 5.32 Å². The molecule has 146 valence electrons. The van der Waals surface area contributed by atoms with Gasteiger partial charge in [0.2, 0.25) is 5.95 Å². The number of alkyl halides is 3. The first-order chi connectivity index (χ1) is 13.2. The number of thioether (sulfide) groups is 1. The van der Waals surface area contributed by atoms with Crippen LogP contribution in [0.15, 0.2) is 62.7 Å². The molecule has 0 saturated carbocycles. The van der Waals surface area contributed by atoms with Gasteiger partial charge in [0.1, 0.15) is 5.69 Å². The third-order valence-electron chi connectivity index (χ3n) is 3.77. The molecule has 0 atom stereocenters. The molecular formula is C18H14BrF3N4OS. The molecule has 0 amide bonds. The van der Waals surface area contributed by atoms with Crippen molar-refractivity contribution in [1.29, 1.82) is 0 Å². The van der Waals surface area contributed by atoms with Gasteiger partial charge in [-0.25, -0.2) is 0 Å². The van der Waals surface area contributed by atoms with E-state index < -0.39 is 11.7 Å². The molecule has 0 fully saturated rings. The summed E-state index contributed by atoms with van der Waals surface area (Å²) in [6, 6.07) is 12.3. The Kier molecular flexibility index (Phi) is 6.09. The molecule has 0 bridgehead atoms. The predicted molar refractivity (Wildman–Crippen MR) is 106 cm³/mol. The molecule has 0 spiro atoms. The van der Waals surface area contributed by atoms with Gasteiger partial charge >= 0.3 is 6.18 Å². The summed E-state index contributed by atoms with van der Waals surface area (Å²) in [5.74, 6) is 0.382. The number of benzene rings is 2. The van der Waals surface area contributed by atoms with Crippen molar-refractivity contribution in [3.63, 3.8) is 0 Å². The highest BCUT2D eigenvalue weighted by Crippen LogP contribution is 2.31. The lowest BCUT2D eigenvalue weighted by atomic mass is 10.2. The first-order valence-corrected chi connectivity index (χ1v) is 9.77. The van der Waals surface area contributed by atoms with Gasteiger partial charge in [0.15, 0.2) is 0 Å². The fourth-order valence-electron chi connectivity index (χ4n) is 2.29. The Balaban J connectivity index is 1.77. The first-order valence-electron chi connectivity index (χ1n) is 7.99. The Morgan fingerprint density at radius 2 is 1.86 bits per heavy atom. The molecule has 3 rings (SSSR count). The molecule has 0 radical (unpaired) electrons. The Hall–Kier alpha value is -2.33. The summed E-state index contributed by atoms with van der Waals surface area (Å²) in [6.45, 7) is 0. The van der Waals surface area contributed by atoms with Crippen LogP contribution in [0.3, 0.4) is 0 Å². The molecule has 2 aromatic carbocycles. The normalized spacial score (nSPS) is 11.5. The minimum atomic E-state index is -4.46. The number of nitrogens with one attached hydrogen (secondary N) is 1. The van der Waals surface area contributed by atoms with Crippen molar-refractivity contribution < 1.29 is 13.2 Å². The number of aromatic nitrogens is 3. The number of nitrogens with zero attached hydrogens (tertiary/aromatic N) is 3. The molecule has 1 aromatic heterocycles. The second-order valence-corrected chi connectivity index (χ2v) is 7.75. The number of hydrogen-bond donors (Lipinski definition) is 1. The van der Waals surface area contributed by atoms with E-state index in [0.717, 1.165) is 21.5 Å². The predicted octanol–water partition coefficient (Wildman–Crippen LogP) is 4.99. The lowest BCUT2D eigenvalue weighted by Crippen LogP contribution is -2.26. The van der Waals surface area contributed by atoms with Gasteiger partial charge in [0, 0.05) is 27.9 Å². The summed E-state index contributed by atoms with van der Waals surface area (Å²) < 4.78 is 40.7. The minimum Gasteiger partial charge on any atom is -0.324 e. The van der Waals surface area contributed by atoms with Crippen LogP contribution < -0.4 is 10.9 Å². The molecular weight excluding hydrogens is 457 g/mol. The molecule has 0 saturated heterocycles. The average molecular weight is 471 g/mol. The third kappa shape index (κ3) is 4.93. The summed E-state index contributed by atoms with van der Waals surface area (Å²) in [5.41, 5.74) is -0.742. The molecule has 0 aliphatic carbocycles. The molecule has 28 heavy (non-hydrogen) atoms. The lowest BCUT2D eigenvalue weighted by molar-refractivity contribution is -0.137. The summed E-state index contributed by atoms with van der Waals surface area (Å²) in [6.07, 6.45) is -4.46. The highest BCUT2D eigenvalue weighted by Gasteiger charge is 2.30. The van der Waals surface area contributed by atoms with E-state index in [9.17, 15) is 18.0 Å². The van der Waals surface area contributed by atoms with Crippen LogP contribution in [0.2, 0.25) is 0 Å². The van der Waals surface area contributed by atoms with Crippen LogP contribution >= 0.6 is 27.7 Å². The third-order valence-corrected chi connectivity index (χ3v) is 5.32. The SMILES string of the molecule is Cn1c(Nc2cccc(C(F)(F)F)c2)nnc(CSc2ccc(Br)cc2)c1=O. The van der Waals surface area contributed by atoms with Crippen LogP contribution in [0.4, 0.5) is 24.8 Å². The van der Waals surface area contributed by atoms with Crippen molar-refractivity contribution in [3.05, 3.63) is 74.6 Å². The second kappa shape index (κ2) is 8.36. The van der Waals surface area contributed by atoms with E-state index in [1.807, 2.05) is 24.3 Å². The fourth-order valence-corrected chi connectivity index (χ4v) is 3.37. The van der Waals surface area contributed by atoms with E-state index in [0.29, 0.717) is 5.75 Å². The maximum absolute atomic E-state index is 12.8. The van der Waals surface area contributed by atoms with Gasteiger partial charge in [-0.05, 0) is 42.5 Å². The van der Waals surface area contributed by atoms with Gasteiger partial charge in [0.25, 0.3) is 5.56 Å².